The van der Waals surface area contributed by atoms with Gasteiger partial charge < -0.3 is 0 Å². The number of hydrogen-bond acceptors (Lipinski definition) is 0. The molecule has 0 amide bonds. The third-order valence-corrected chi connectivity index (χ3v) is 0. The molecule has 0 aromatic heterocycles. The summed E-state index contributed by atoms with van der Waals surface area (Å²) in [5.74, 6) is 0. The lowest BCUT2D eigenvalue weighted by molar-refractivity contribution is 0.00819. The van der Waals surface area contributed by atoms with E-state index in [4.69, 9.17) is 0 Å². The van der Waals surface area contributed by atoms with Crippen LogP contribution in [-0.2, 0) is 0 Å². The Morgan fingerprint density at radius 3 is 0.889 bits per heavy atom. The van der Waals surface area contributed by atoms with Crippen molar-refractivity contribution in [3.63, 3.8) is 0 Å². The summed E-state index contributed by atoms with van der Waals surface area (Å²) in [7, 11) is 0. The lowest BCUT2D eigenvalue weighted by Gasteiger charge is -1.93. The van der Waals surface area contributed by atoms with Gasteiger partial charge in [0.1, 0.15) is 0 Å². The van der Waals surface area contributed by atoms with E-state index in [0.29, 0.717) is 0 Å². The zero-order valence-corrected chi connectivity index (χ0v) is 10.1. The van der Waals surface area contributed by atoms with Gasteiger partial charge in [0.05, 0.1) is 0 Å². The molecule has 0 nitrogen and oxygen atoms in total. The first-order valence-electron chi connectivity index (χ1n) is 1.41. The van der Waals surface area contributed by atoms with E-state index in [-0.39, 0.29) is 1.05 Å². The normalized spacial score (nSPS) is 10.7. The Morgan fingerprint density at radius 2 is 0.889 bits per heavy atom. The molecule has 0 fully saturated rings. The minimum atomic E-state index is -3.67. The quantitative estimate of drug-likeness (QED) is 0.529. The Kier molecular flexibility index (Phi) is 9.50. The second kappa shape index (κ2) is 6.42. The van der Waals surface area contributed by atoms with Crippen LogP contribution in [0.3, 0.4) is 0 Å². The van der Waals surface area contributed by atoms with Gasteiger partial charge in [-0.15, -0.1) is 0 Å². The van der Waals surface area contributed by atoms with Gasteiger partial charge in [-0.1, -0.05) is 0 Å². The highest BCUT2D eigenvalue weighted by molar-refractivity contribution is 9.52. The molecule has 0 aromatic rings. The zero-order valence-electron chi connectivity index (χ0n) is 3.72. The first-order chi connectivity index (χ1) is 3.73. The van der Waals surface area contributed by atoms with Gasteiger partial charge in [-0.3, -0.25) is 0 Å². The molecule has 0 atom stereocenters. The Labute approximate surface area is 84.1 Å². The third-order valence-electron chi connectivity index (χ3n) is 0. The highest BCUT2D eigenvalue weighted by atomic mass is 80.0. The second-order valence-electron chi connectivity index (χ2n) is 0.676. The summed E-state index contributed by atoms with van der Waals surface area (Å²) in [6.45, 7) is -3.67. The molecule has 0 saturated heterocycles. The molecular formula is C2HBr4F3. The summed E-state index contributed by atoms with van der Waals surface area (Å²) >= 11 is 12.5. The third kappa shape index (κ3) is 197. The lowest BCUT2D eigenvalue weighted by Crippen LogP contribution is -1.75. The summed E-state index contributed by atoms with van der Waals surface area (Å²) in [5.41, 5.74) is 0. The molecule has 0 aromatic carbocycles. The maximum atomic E-state index is 9.67. The maximum Gasteiger partial charge on any atom is 0.379 e. The molecule has 0 aliphatic rings. The van der Waals surface area contributed by atoms with Crippen molar-refractivity contribution in [2.75, 3.05) is 0 Å². The molecule has 9 heavy (non-hydrogen) atoms. The fraction of sp³-hybridized carbons (Fsp3) is 1.00. The minimum Gasteiger partial charge on any atom is -0.174 e. The average molecular weight is 402 g/mol. The summed E-state index contributed by atoms with van der Waals surface area (Å²) in [6, 6.07) is 0. The highest BCUT2D eigenvalue weighted by Gasteiger charge is 2.08. The smallest absolute Gasteiger partial charge is 0.174 e. The average Bonchev–Trinajstić information content (AvgIpc) is 1.19. The van der Waals surface area contributed by atoms with Crippen LogP contribution in [0.25, 0.3) is 0 Å². The zero-order chi connectivity index (χ0) is 8.08. The fourth-order valence-electron chi connectivity index (χ4n) is 0. The summed E-state index contributed by atoms with van der Waals surface area (Å²) in [6.07, 6.45) is 0. The number of hydrogen-bond donors (Lipinski definition) is 0. The summed E-state index contributed by atoms with van der Waals surface area (Å²) in [4.78, 5) is 0. The molecule has 0 N–H and O–H groups in total. The molecule has 0 radical (unpaired) electrons. The minimum absolute atomic E-state index is 0.250. The van der Waals surface area contributed by atoms with Gasteiger partial charge in [0.2, 0.25) is 0 Å². The maximum absolute atomic E-state index is 9.67. The van der Waals surface area contributed by atoms with Crippen LogP contribution in [-0.4, -0.2) is 7.73 Å². The molecule has 7 heteroatoms. The van der Waals surface area contributed by atoms with Crippen molar-refractivity contribution in [3.8, 4) is 0 Å². The first-order valence-corrected chi connectivity index (χ1v) is 4.58. The number of halogens is 7. The molecular weight excluding hydrogens is 401 g/mol. The Hall–Kier alpha value is 1.71. The first kappa shape index (κ1) is 13.3. The summed E-state index contributed by atoms with van der Waals surface area (Å²) < 4.78 is 28.8. The Morgan fingerprint density at radius 1 is 0.889 bits per heavy atom. The van der Waals surface area contributed by atoms with Gasteiger partial charge in [0, 0.05) is 0 Å². The molecule has 0 saturated carbocycles. The van der Waals surface area contributed by atoms with Crippen LogP contribution in [0, 0.1) is 0 Å². The van der Waals surface area contributed by atoms with Crippen molar-refractivity contribution in [3.05, 3.63) is 0 Å². The van der Waals surface area contributed by atoms with E-state index in [2.05, 4.69) is 63.7 Å². The van der Waals surface area contributed by atoms with Gasteiger partial charge >= 0.3 is 6.68 Å². The van der Waals surface area contributed by atoms with Crippen molar-refractivity contribution in [1.82, 2.24) is 0 Å². The molecule has 0 unspecified atom stereocenters. The van der Waals surface area contributed by atoms with Crippen LogP contribution in [0.15, 0.2) is 0 Å². The molecule has 0 aliphatic heterocycles. The van der Waals surface area contributed by atoms with Crippen molar-refractivity contribution >= 4 is 63.7 Å². The van der Waals surface area contributed by atoms with Crippen molar-refractivity contribution < 1.29 is 13.2 Å². The van der Waals surface area contributed by atoms with Crippen LogP contribution >= 0.6 is 63.7 Å². The topological polar surface area (TPSA) is 0 Å². The predicted octanol–water partition coefficient (Wildman–Crippen LogP) is 4.36. The van der Waals surface area contributed by atoms with E-state index >= 15 is 0 Å². The van der Waals surface area contributed by atoms with E-state index < -0.39 is 6.68 Å². The van der Waals surface area contributed by atoms with Gasteiger partial charge in [0.25, 0.3) is 0 Å². The Bertz CT molecular complexity index is 50.6. The lowest BCUT2D eigenvalue weighted by atomic mass is 11.6. The highest BCUT2D eigenvalue weighted by Crippen LogP contribution is 2.39. The fourth-order valence-corrected chi connectivity index (χ4v) is 0. The van der Waals surface area contributed by atoms with E-state index in [1.807, 2.05) is 0 Å². The second-order valence-corrected chi connectivity index (χ2v) is 11.8. The van der Waals surface area contributed by atoms with Gasteiger partial charge in [-0.25, -0.2) is 0 Å². The van der Waals surface area contributed by atoms with Gasteiger partial charge in [-0.05, 0) is 63.7 Å². The van der Waals surface area contributed by atoms with Crippen LogP contribution in [0.1, 0.15) is 0 Å². The summed E-state index contributed by atoms with van der Waals surface area (Å²) in [5, 5.41) is 0. The monoisotopic (exact) mass is 398 g/mol. The number of rotatable bonds is 0. The van der Waals surface area contributed by atoms with Crippen LogP contribution < -0.4 is 0 Å². The largest absolute Gasteiger partial charge is 0.379 e. The van der Waals surface area contributed by atoms with Gasteiger partial charge in [0.15, 0.2) is 1.05 Å². The standard InChI is InChI=1S/CBr4.CHF3/c2-1(3,4)5;2-1(3)4/h;1H. The molecule has 58 valence electrons. The van der Waals surface area contributed by atoms with E-state index in [1.165, 1.54) is 0 Å². The number of alkyl halides is 7. The van der Waals surface area contributed by atoms with Gasteiger partial charge in [-0.2, -0.15) is 13.2 Å². The SMILES string of the molecule is BrC(Br)(Br)Br.FC(F)F. The molecule has 0 spiro atoms. The molecule has 0 heterocycles. The molecule has 0 aliphatic carbocycles. The van der Waals surface area contributed by atoms with Crippen molar-refractivity contribution in [2.24, 2.45) is 0 Å². The Balaban J connectivity index is 0. The molecule has 0 bridgehead atoms. The van der Waals surface area contributed by atoms with E-state index in [9.17, 15) is 13.2 Å². The van der Waals surface area contributed by atoms with E-state index in [0.717, 1.165) is 0 Å². The van der Waals surface area contributed by atoms with E-state index in [1.54, 1.807) is 0 Å². The predicted molar refractivity (Wildman–Crippen MR) is 45.6 cm³/mol. The molecule has 0 rings (SSSR count). The van der Waals surface area contributed by atoms with Crippen molar-refractivity contribution in [1.29, 1.82) is 0 Å². The van der Waals surface area contributed by atoms with Crippen molar-refractivity contribution in [2.45, 2.75) is 7.73 Å². The van der Waals surface area contributed by atoms with Crippen LogP contribution in [0.4, 0.5) is 13.2 Å². The van der Waals surface area contributed by atoms with Crippen LogP contribution in [0.2, 0.25) is 0 Å². The van der Waals surface area contributed by atoms with Crippen LogP contribution in [0.5, 0.6) is 0 Å².